The topological polar surface area (TPSA) is 86.7 Å². The summed E-state index contributed by atoms with van der Waals surface area (Å²) < 4.78 is 0. The molecule has 1 aromatic heterocycles. The zero-order valence-electron chi connectivity index (χ0n) is 11.5. The minimum Gasteiger partial charge on any atom is -0.481 e. The molecule has 110 valence electrons. The molecule has 1 heterocycles. The van der Waals surface area contributed by atoms with Crippen molar-refractivity contribution < 1.29 is 19.5 Å². The lowest BCUT2D eigenvalue weighted by atomic mass is 10.1. The predicted octanol–water partition coefficient (Wildman–Crippen LogP) is 1.05. The largest absolute Gasteiger partial charge is 0.481 e. The quantitative estimate of drug-likeness (QED) is 0.787. The van der Waals surface area contributed by atoms with Gasteiger partial charge in [0, 0.05) is 20.0 Å². The highest BCUT2D eigenvalue weighted by molar-refractivity contribution is 7.12. The summed E-state index contributed by atoms with van der Waals surface area (Å²) in [5.41, 5.74) is 0. The molecule has 0 spiro atoms. The van der Waals surface area contributed by atoms with E-state index >= 15 is 0 Å². The molecule has 1 atom stereocenters. The normalized spacial score (nSPS) is 11.7. The Balaban J connectivity index is 2.35. The number of aliphatic carboxylic acids is 1. The maximum atomic E-state index is 11.9. The van der Waals surface area contributed by atoms with Crippen molar-refractivity contribution in [3.63, 3.8) is 0 Å². The molecule has 0 saturated heterocycles. The van der Waals surface area contributed by atoms with Crippen LogP contribution in [0.25, 0.3) is 0 Å². The number of nitrogens with one attached hydrogen (secondary N) is 1. The van der Waals surface area contributed by atoms with E-state index in [1.807, 2.05) is 0 Å². The smallest absolute Gasteiger partial charge is 0.303 e. The third-order valence-corrected chi connectivity index (χ3v) is 3.49. The number of carboxylic acids is 1. The first-order valence-corrected chi connectivity index (χ1v) is 7.05. The molecule has 0 saturated carbocycles. The fourth-order valence-corrected chi connectivity index (χ4v) is 2.31. The second-order valence-electron chi connectivity index (χ2n) is 4.65. The Bertz CT molecular complexity index is 473. The first-order chi connectivity index (χ1) is 9.40. The minimum absolute atomic E-state index is 0.00421. The molecule has 2 N–H and O–H groups in total. The van der Waals surface area contributed by atoms with Crippen LogP contribution in [0.2, 0.25) is 0 Å². The number of rotatable bonds is 7. The standard InChI is InChI=1S/C13H18N2O4S/c1-9(6-12(17)18)7-14-11(16)8-15(2)13(19)10-4-3-5-20-10/h3-5,9H,6-8H2,1-2H3,(H,14,16)(H,17,18). The second-order valence-corrected chi connectivity index (χ2v) is 5.59. The van der Waals surface area contributed by atoms with Gasteiger partial charge < -0.3 is 15.3 Å². The molecule has 2 amide bonds. The van der Waals surface area contributed by atoms with E-state index in [1.165, 1.54) is 16.2 Å². The van der Waals surface area contributed by atoms with E-state index < -0.39 is 5.97 Å². The Kier molecular flexibility index (Phi) is 6.17. The molecule has 0 aliphatic rings. The van der Waals surface area contributed by atoms with Crippen LogP contribution in [0.15, 0.2) is 17.5 Å². The number of carbonyl (C=O) groups excluding carboxylic acids is 2. The molecular formula is C13H18N2O4S. The van der Waals surface area contributed by atoms with E-state index in [1.54, 1.807) is 31.5 Å². The number of nitrogens with zero attached hydrogens (tertiary/aromatic N) is 1. The van der Waals surface area contributed by atoms with Crippen LogP contribution in [0.5, 0.6) is 0 Å². The van der Waals surface area contributed by atoms with Crippen LogP contribution in [0, 0.1) is 5.92 Å². The van der Waals surface area contributed by atoms with Crippen molar-refractivity contribution >= 4 is 29.1 Å². The summed E-state index contributed by atoms with van der Waals surface area (Å²) in [6.07, 6.45) is 0.00421. The zero-order valence-corrected chi connectivity index (χ0v) is 12.3. The van der Waals surface area contributed by atoms with Crippen molar-refractivity contribution in [3.05, 3.63) is 22.4 Å². The number of hydrogen-bond donors (Lipinski definition) is 2. The Labute approximate surface area is 121 Å². The predicted molar refractivity (Wildman–Crippen MR) is 75.7 cm³/mol. The van der Waals surface area contributed by atoms with Crippen molar-refractivity contribution in [2.45, 2.75) is 13.3 Å². The lowest BCUT2D eigenvalue weighted by molar-refractivity contribution is -0.138. The average Bonchev–Trinajstić information content (AvgIpc) is 2.88. The van der Waals surface area contributed by atoms with Crippen LogP contribution in [0.3, 0.4) is 0 Å². The van der Waals surface area contributed by atoms with Gasteiger partial charge in [-0.25, -0.2) is 0 Å². The molecule has 0 radical (unpaired) electrons. The number of hydrogen-bond acceptors (Lipinski definition) is 4. The van der Waals surface area contributed by atoms with Crippen molar-refractivity contribution in [3.8, 4) is 0 Å². The van der Waals surface area contributed by atoms with E-state index in [9.17, 15) is 14.4 Å². The van der Waals surface area contributed by atoms with Gasteiger partial charge in [0.25, 0.3) is 5.91 Å². The lowest BCUT2D eigenvalue weighted by Gasteiger charge is -2.17. The van der Waals surface area contributed by atoms with Gasteiger partial charge in [0.05, 0.1) is 11.4 Å². The van der Waals surface area contributed by atoms with Gasteiger partial charge in [-0.3, -0.25) is 14.4 Å². The van der Waals surface area contributed by atoms with Gasteiger partial charge in [-0.05, 0) is 17.4 Å². The van der Waals surface area contributed by atoms with Crippen LogP contribution in [0.1, 0.15) is 23.0 Å². The molecule has 20 heavy (non-hydrogen) atoms. The summed E-state index contributed by atoms with van der Waals surface area (Å²) in [7, 11) is 1.56. The summed E-state index contributed by atoms with van der Waals surface area (Å²) in [4.78, 5) is 36.0. The van der Waals surface area contributed by atoms with E-state index in [-0.39, 0.29) is 37.2 Å². The molecular weight excluding hydrogens is 280 g/mol. The summed E-state index contributed by atoms with van der Waals surface area (Å²) in [6.45, 7) is 1.98. The van der Waals surface area contributed by atoms with E-state index in [4.69, 9.17) is 5.11 Å². The zero-order chi connectivity index (χ0) is 15.1. The van der Waals surface area contributed by atoms with Crippen molar-refractivity contribution in [1.82, 2.24) is 10.2 Å². The molecule has 1 unspecified atom stereocenters. The molecule has 0 fully saturated rings. The molecule has 0 bridgehead atoms. The first-order valence-electron chi connectivity index (χ1n) is 6.17. The highest BCUT2D eigenvalue weighted by Crippen LogP contribution is 2.10. The van der Waals surface area contributed by atoms with Gasteiger partial charge in [-0.1, -0.05) is 13.0 Å². The van der Waals surface area contributed by atoms with Crippen molar-refractivity contribution in [2.24, 2.45) is 5.92 Å². The Hall–Kier alpha value is -1.89. The van der Waals surface area contributed by atoms with Gasteiger partial charge in [-0.15, -0.1) is 11.3 Å². The third kappa shape index (κ3) is 5.40. The number of carboxylic acid groups (broad SMARTS) is 1. The Morgan fingerprint density at radius 3 is 2.70 bits per heavy atom. The Morgan fingerprint density at radius 2 is 2.15 bits per heavy atom. The van der Waals surface area contributed by atoms with Crippen LogP contribution in [-0.2, 0) is 9.59 Å². The maximum absolute atomic E-state index is 11.9. The van der Waals surface area contributed by atoms with Crippen LogP contribution >= 0.6 is 11.3 Å². The molecule has 1 rings (SSSR count). The highest BCUT2D eigenvalue weighted by Gasteiger charge is 2.16. The lowest BCUT2D eigenvalue weighted by Crippen LogP contribution is -2.39. The van der Waals surface area contributed by atoms with Crippen molar-refractivity contribution in [1.29, 1.82) is 0 Å². The van der Waals surface area contributed by atoms with Gasteiger partial charge >= 0.3 is 5.97 Å². The summed E-state index contributed by atoms with van der Waals surface area (Å²) >= 11 is 1.32. The van der Waals surface area contributed by atoms with Crippen molar-refractivity contribution in [2.75, 3.05) is 20.1 Å². The first kappa shape index (κ1) is 16.2. The van der Waals surface area contributed by atoms with Crippen LogP contribution in [0.4, 0.5) is 0 Å². The van der Waals surface area contributed by atoms with E-state index in [0.29, 0.717) is 4.88 Å². The van der Waals surface area contributed by atoms with E-state index in [2.05, 4.69) is 5.32 Å². The Morgan fingerprint density at radius 1 is 1.45 bits per heavy atom. The minimum atomic E-state index is -0.892. The monoisotopic (exact) mass is 298 g/mol. The van der Waals surface area contributed by atoms with Gasteiger partial charge in [0.1, 0.15) is 0 Å². The molecule has 6 nitrogen and oxygen atoms in total. The summed E-state index contributed by atoms with van der Waals surface area (Å²) in [6, 6.07) is 3.48. The molecule has 7 heteroatoms. The molecule has 0 aliphatic heterocycles. The van der Waals surface area contributed by atoms with Crippen LogP contribution < -0.4 is 5.32 Å². The highest BCUT2D eigenvalue weighted by atomic mass is 32.1. The number of carbonyl (C=O) groups is 3. The van der Waals surface area contributed by atoms with Gasteiger partial charge in [0.15, 0.2) is 0 Å². The average molecular weight is 298 g/mol. The van der Waals surface area contributed by atoms with Gasteiger partial charge in [-0.2, -0.15) is 0 Å². The molecule has 0 aliphatic carbocycles. The number of likely N-dealkylation sites (N-methyl/N-ethyl adjacent to an activating group) is 1. The molecule has 0 aromatic carbocycles. The number of amides is 2. The fourth-order valence-electron chi connectivity index (χ4n) is 1.59. The van der Waals surface area contributed by atoms with Gasteiger partial charge in [0.2, 0.25) is 5.91 Å². The third-order valence-electron chi connectivity index (χ3n) is 2.63. The van der Waals surface area contributed by atoms with Crippen LogP contribution in [-0.4, -0.2) is 47.9 Å². The fraction of sp³-hybridized carbons (Fsp3) is 0.462. The number of thiophene rings is 1. The SMILES string of the molecule is CC(CNC(=O)CN(C)C(=O)c1cccs1)CC(=O)O. The summed E-state index contributed by atoms with van der Waals surface area (Å²) in [5, 5.41) is 13.0. The summed E-state index contributed by atoms with van der Waals surface area (Å²) in [5.74, 6) is -1.53. The van der Waals surface area contributed by atoms with E-state index in [0.717, 1.165) is 0 Å². The molecule has 1 aromatic rings. The maximum Gasteiger partial charge on any atom is 0.303 e. The second kappa shape index (κ2) is 7.64.